The van der Waals surface area contributed by atoms with E-state index in [1.165, 1.54) is 29.7 Å². The number of hydrogen-bond acceptors (Lipinski definition) is 5. The van der Waals surface area contributed by atoms with Crippen molar-refractivity contribution in [3.8, 4) is 6.07 Å². The highest BCUT2D eigenvalue weighted by molar-refractivity contribution is 7.18. The summed E-state index contributed by atoms with van der Waals surface area (Å²) >= 11 is 1.69. The third-order valence-corrected chi connectivity index (χ3v) is 6.58. The number of aromatic nitrogens is 2. The first kappa shape index (κ1) is 17.7. The Bertz CT molecular complexity index is 917. The van der Waals surface area contributed by atoms with Gasteiger partial charge >= 0.3 is 0 Å². The highest BCUT2D eigenvalue weighted by Crippen LogP contribution is 2.34. The summed E-state index contributed by atoms with van der Waals surface area (Å²) in [6.07, 6.45) is 6.82. The monoisotopic (exact) mass is 370 g/mol. The lowest BCUT2D eigenvalue weighted by Gasteiger charge is -2.24. The molecule has 6 heteroatoms. The van der Waals surface area contributed by atoms with Crippen LogP contribution in [0.15, 0.2) is 4.79 Å². The quantitative estimate of drug-likeness (QED) is 0.781. The van der Waals surface area contributed by atoms with E-state index < -0.39 is 0 Å². The molecule has 0 aliphatic heterocycles. The van der Waals surface area contributed by atoms with Gasteiger partial charge in [-0.3, -0.25) is 14.3 Å². The van der Waals surface area contributed by atoms with E-state index in [1.54, 1.807) is 15.9 Å². The smallest absolute Gasteiger partial charge is 0.263 e. The molecule has 5 nitrogen and oxygen atoms in total. The van der Waals surface area contributed by atoms with Crippen molar-refractivity contribution in [1.29, 1.82) is 5.26 Å². The molecule has 0 radical (unpaired) electrons. The Kier molecular flexibility index (Phi) is 4.85. The number of aryl methyl sites for hydroxylation is 2. The molecular formula is C20H26N4OS. The number of rotatable bonds is 6. The number of nitrogens with zero attached hydrogens (tertiary/aromatic N) is 4. The molecule has 138 valence electrons. The molecule has 1 saturated carbocycles. The normalized spacial score (nSPS) is 17.0. The summed E-state index contributed by atoms with van der Waals surface area (Å²) in [5.74, 6) is 1.33. The van der Waals surface area contributed by atoms with Crippen molar-refractivity contribution in [2.45, 2.75) is 71.5 Å². The molecule has 2 aliphatic carbocycles. The molecule has 4 rings (SSSR count). The lowest BCUT2D eigenvalue weighted by Crippen LogP contribution is -2.34. The fraction of sp³-hybridized carbons (Fsp3) is 0.650. The van der Waals surface area contributed by atoms with Crippen LogP contribution in [0.25, 0.3) is 10.2 Å². The highest BCUT2D eigenvalue weighted by atomic mass is 32.1. The van der Waals surface area contributed by atoms with E-state index in [0.29, 0.717) is 18.5 Å². The van der Waals surface area contributed by atoms with Crippen molar-refractivity contribution in [3.05, 3.63) is 26.6 Å². The molecule has 2 aromatic rings. The zero-order chi connectivity index (χ0) is 18.3. The zero-order valence-corrected chi connectivity index (χ0v) is 16.4. The van der Waals surface area contributed by atoms with Gasteiger partial charge in [0.15, 0.2) is 0 Å². The van der Waals surface area contributed by atoms with Crippen LogP contribution in [0.2, 0.25) is 0 Å². The highest BCUT2D eigenvalue weighted by Gasteiger charge is 2.31. The summed E-state index contributed by atoms with van der Waals surface area (Å²) in [6, 6.07) is 2.78. The molecule has 2 aliphatic rings. The molecule has 0 amide bonds. The first-order valence-electron chi connectivity index (χ1n) is 9.73. The molecule has 1 fully saturated rings. The maximum absolute atomic E-state index is 13.2. The largest absolute Gasteiger partial charge is 0.293 e. The lowest BCUT2D eigenvalue weighted by atomic mass is 9.97. The predicted octanol–water partition coefficient (Wildman–Crippen LogP) is 3.48. The number of fused-ring (bicyclic) bond motifs is 3. The second kappa shape index (κ2) is 7.13. The van der Waals surface area contributed by atoms with E-state index in [2.05, 4.69) is 24.8 Å². The van der Waals surface area contributed by atoms with Gasteiger partial charge in [0, 0.05) is 17.5 Å². The summed E-state index contributed by atoms with van der Waals surface area (Å²) in [5, 5.41) is 10.1. The standard InChI is InChI=1S/C20H26N4OS/c1-13(2)11-23(14-7-8-14)12-17-22-19-18(20(25)24(17)10-9-21)15-5-3-4-6-16(15)26-19/h13-14H,3-8,10-12H2,1-2H3. The molecule has 0 unspecified atom stereocenters. The molecule has 26 heavy (non-hydrogen) atoms. The molecule has 0 aromatic carbocycles. The summed E-state index contributed by atoms with van der Waals surface area (Å²) < 4.78 is 1.62. The maximum Gasteiger partial charge on any atom is 0.263 e. The van der Waals surface area contributed by atoms with Crippen LogP contribution < -0.4 is 5.56 Å². The first-order chi connectivity index (χ1) is 12.6. The van der Waals surface area contributed by atoms with Crippen LogP contribution >= 0.6 is 11.3 Å². The van der Waals surface area contributed by atoms with Gasteiger partial charge in [0.2, 0.25) is 0 Å². The van der Waals surface area contributed by atoms with Crippen LogP contribution in [0.4, 0.5) is 0 Å². The van der Waals surface area contributed by atoms with Crippen LogP contribution in [-0.4, -0.2) is 27.0 Å². The van der Waals surface area contributed by atoms with E-state index in [0.717, 1.165) is 41.8 Å². The van der Waals surface area contributed by atoms with Gasteiger partial charge in [-0.25, -0.2) is 4.98 Å². The van der Waals surface area contributed by atoms with Gasteiger partial charge < -0.3 is 0 Å². The van der Waals surface area contributed by atoms with Crippen molar-refractivity contribution >= 4 is 21.6 Å². The predicted molar refractivity (Wildman–Crippen MR) is 104 cm³/mol. The van der Waals surface area contributed by atoms with E-state index in [4.69, 9.17) is 4.98 Å². The van der Waals surface area contributed by atoms with Crippen LogP contribution in [0, 0.1) is 17.2 Å². The van der Waals surface area contributed by atoms with Crippen molar-refractivity contribution in [2.24, 2.45) is 5.92 Å². The van der Waals surface area contributed by atoms with E-state index in [-0.39, 0.29) is 12.1 Å². The van der Waals surface area contributed by atoms with Crippen LogP contribution in [0.3, 0.4) is 0 Å². The average molecular weight is 371 g/mol. The maximum atomic E-state index is 13.2. The number of thiophene rings is 1. The van der Waals surface area contributed by atoms with Crippen LogP contribution in [0.1, 0.15) is 55.8 Å². The summed E-state index contributed by atoms with van der Waals surface area (Å²) in [7, 11) is 0. The summed E-state index contributed by atoms with van der Waals surface area (Å²) in [4.78, 5) is 22.8. The fourth-order valence-corrected chi connectivity index (χ4v) is 5.34. The second-order valence-corrected chi connectivity index (χ2v) is 9.11. The minimum Gasteiger partial charge on any atom is -0.293 e. The van der Waals surface area contributed by atoms with E-state index in [1.807, 2.05) is 0 Å². The van der Waals surface area contributed by atoms with Gasteiger partial charge in [0.25, 0.3) is 5.56 Å². The SMILES string of the molecule is CC(C)CN(Cc1nc2sc3c(c2c(=O)n1CC#N)CCCC3)C1CC1. The van der Waals surface area contributed by atoms with E-state index >= 15 is 0 Å². The van der Waals surface area contributed by atoms with Crippen LogP contribution in [0.5, 0.6) is 0 Å². The Hall–Kier alpha value is -1.71. The molecule has 0 bridgehead atoms. The van der Waals surface area contributed by atoms with Crippen molar-refractivity contribution in [1.82, 2.24) is 14.5 Å². The molecule has 0 N–H and O–H groups in total. The second-order valence-electron chi connectivity index (χ2n) is 8.02. The first-order valence-corrected chi connectivity index (χ1v) is 10.5. The van der Waals surface area contributed by atoms with Gasteiger partial charge in [-0.2, -0.15) is 5.26 Å². The Morgan fingerprint density at radius 3 is 2.81 bits per heavy atom. The van der Waals surface area contributed by atoms with Gasteiger partial charge in [-0.15, -0.1) is 11.3 Å². The number of nitriles is 1. The van der Waals surface area contributed by atoms with Gasteiger partial charge in [0.05, 0.1) is 18.0 Å². The van der Waals surface area contributed by atoms with Gasteiger partial charge in [-0.05, 0) is 50.0 Å². The van der Waals surface area contributed by atoms with Crippen molar-refractivity contribution in [2.75, 3.05) is 6.54 Å². The van der Waals surface area contributed by atoms with Crippen molar-refractivity contribution in [3.63, 3.8) is 0 Å². The third kappa shape index (κ3) is 3.30. The molecular weight excluding hydrogens is 344 g/mol. The zero-order valence-electron chi connectivity index (χ0n) is 15.6. The summed E-state index contributed by atoms with van der Waals surface area (Å²) in [5.41, 5.74) is 1.19. The summed E-state index contributed by atoms with van der Waals surface area (Å²) in [6.45, 7) is 6.20. The minimum atomic E-state index is -0.00811. The Balaban J connectivity index is 1.79. The Labute approximate surface area is 158 Å². The molecule has 0 spiro atoms. The Morgan fingerprint density at radius 2 is 2.12 bits per heavy atom. The van der Waals surface area contributed by atoms with Gasteiger partial charge in [0.1, 0.15) is 17.2 Å². The number of hydrogen-bond donors (Lipinski definition) is 0. The molecule has 0 atom stereocenters. The average Bonchev–Trinajstić information content (AvgIpc) is 3.38. The van der Waals surface area contributed by atoms with Gasteiger partial charge in [-0.1, -0.05) is 13.8 Å². The Morgan fingerprint density at radius 1 is 1.35 bits per heavy atom. The topological polar surface area (TPSA) is 61.9 Å². The molecule has 2 heterocycles. The minimum absolute atomic E-state index is 0.00811. The van der Waals surface area contributed by atoms with Crippen LogP contribution in [-0.2, 0) is 25.9 Å². The third-order valence-electron chi connectivity index (χ3n) is 5.39. The molecule has 2 aromatic heterocycles. The lowest BCUT2D eigenvalue weighted by molar-refractivity contribution is 0.217. The fourth-order valence-electron chi connectivity index (χ4n) is 4.07. The van der Waals surface area contributed by atoms with Crippen molar-refractivity contribution < 1.29 is 0 Å². The van der Waals surface area contributed by atoms with E-state index in [9.17, 15) is 10.1 Å². The molecule has 0 saturated heterocycles.